The predicted octanol–water partition coefficient (Wildman–Crippen LogP) is 3.00. The molecule has 0 spiro atoms. The molecule has 1 aliphatic heterocycles. The molecule has 152 valence electrons. The summed E-state index contributed by atoms with van der Waals surface area (Å²) in [7, 11) is 0. The van der Waals surface area contributed by atoms with Gasteiger partial charge in [-0.2, -0.15) is 0 Å². The van der Waals surface area contributed by atoms with Crippen LogP contribution in [0.4, 0.5) is 0 Å². The average Bonchev–Trinajstić information content (AvgIpc) is 2.72. The Morgan fingerprint density at radius 1 is 1.11 bits per heavy atom. The number of aryl methyl sites for hydroxylation is 1. The predicted molar refractivity (Wildman–Crippen MR) is 106 cm³/mol. The van der Waals surface area contributed by atoms with E-state index in [0.29, 0.717) is 31.5 Å². The molecule has 2 aliphatic rings. The first-order valence-corrected chi connectivity index (χ1v) is 10.3. The highest BCUT2D eigenvalue weighted by molar-refractivity contribution is 5.94. The van der Waals surface area contributed by atoms with Crippen molar-refractivity contribution in [3.63, 3.8) is 0 Å². The van der Waals surface area contributed by atoms with Gasteiger partial charge in [-0.05, 0) is 44.7 Å². The van der Waals surface area contributed by atoms with Crippen LogP contribution in [0.3, 0.4) is 0 Å². The molecule has 1 aromatic carbocycles. The van der Waals surface area contributed by atoms with Crippen molar-refractivity contribution in [3.05, 3.63) is 35.4 Å². The van der Waals surface area contributed by atoms with E-state index in [-0.39, 0.29) is 24.3 Å². The van der Waals surface area contributed by atoms with Gasteiger partial charge in [-0.1, -0.05) is 37.0 Å². The number of carboxylic acids is 1. The molecule has 0 radical (unpaired) electrons. The molecule has 2 fully saturated rings. The van der Waals surface area contributed by atoms with Crippen LogP contribution in [-0.4, -0.2) is 47.4 Å². The first kappa shape index (κ1) is 20.4. The fourth-order valence-electron chi connectivity index (χ4n) is 4.35. The third kappa shape index (κ3) is 4.54. The average molecular weight is 386 g/mol. The summed E-state index contributed by atoms with van der Waals surface area (Å²) in [5, 5.41) is 12.6. The Morgan fingerprint density at radius 3 is 2.43 bits per heavy atom. The van der Waals surface area contributed by atoms with E-state index < -0.39 is 11.4 Å². The summed E-state index contributed by atoms with van der Waals surface area (Å²) in [6, 6.07) is 7.47. The van der Waals surface area contributed by atoms with Crippen molar-refractivity contribution in [1.29, 1.82) is 0 Å². The number of rotatable bonds is 5. The highest BCUT2D eigenvalue weighted by Gasteiger charge is 2.40. The van der Waals surface area contributed by atoms with E-state index in [4.69, 9.17) is 0 Å². The van der Waals surface area contributed by atoms with Crippen molar-refractivity contribution in [1.82, 2.24) is 10.2 Å². The third-order valence-electron chi connectivity index (χ3n) is 6.24. The van der Waals surface area contributed by atoms with Crippen molar-refractivity contribution >= 4 is 17.8 Å². The Morgan fingerprint density at radius 2 is 1.79 bits per heavy atom. The number of hydrogen-bond acceptors (Lipinski definition) is 3. The molecule has 1 saturated heterocycles. The smallest absolute Gasteiger partial charge is 0.311 e. The molecule has 6 nitrogen and oxygen atoms in total. The van der Waals surface area contributed by atoms with Gasteiger partial charge < -0.3 is 15.3 Å². The second-order valence-corrected chi connectivity index (χ2v) is 8.32. The van der Waals surface area contributed by atoms with E-state index in [1.807, 2.05) is 31.2 Å². The Kier molecular flexibility index (Phi) is 6.37. The van der Waals surface area contributed by atoms with E-state index in [2.05, 4.69) is 5.32 Å². The Balaban J connectivity index is 1.58. The number of carboxylic acid groups (broad SMARTS) is 1. The molecule has 1 aliphatic carbocycles. The summed E-state index contributed by atoms with van der Waals surface area (Å²) in [6.45, 7) is 3.20. The first-order valence-electron chi connectivity index (χ1n) is 10.3. The number of aliphatic carboxylic acids is 1. The van der Waals surface area contributed by atoms with Crippen LogP contribution in [-0.2, 0) is 9.59 Å². The van der Waals surface area contributed by atoms with E-state index in [1.54, 1.807) is 4.90 Å². The molecular weight excluding hydrogens is 356 g/mol. The zero-order chi connectivity index (χ0) is 20.1. The van der Waals surface area contributed by atoms with Gasteiger partial charge in [0.25, 0.3) is 5.91 Å². The van der Waals surface area contributed by atoms with Gasteiger partial charge in [-0.3, -0.25) is 14.4 Å². The van der Waals surface area contributed by atoms with Crippen molar-refractivity contribution in [2.45, 2.75) is 51.9 Å². The zero-order valence-electron chi connectivity index (χ0n) is 16.6. The van der Waals surface area contributed by atoms with Gasteiger partial charge in [0.2, 0.25) is 5.91 Å². The monoisotopic (exact) mass is 386 g/mol. The van der Waals surface area contributed by atoms with Crippen LogP contribution < -0.4 is 5.32 Å². The lowest BCUT2D eigenvalue weighted by atomic mass is 9.74. The third-order valence-corrected chi connectivity index (χ3v) is 6.24. The number of hydrogen-bond donors (Lipinski definition) is 2. The summed E-state index contributed by atoms with van der Waals surface area (Å²) < 4.78 is 0. The van der Waals surface area contributed by atoms with Crippen LogP contribution in [0, 0.1) is 18.3 Å². The van der Waals surface area contributed by atoms with Crippen LogP contribution >= 0.6 is 0 Å². The van der Waals surface area contributed by atoms with Crippen LogP contribution in [0.1, 0.15) is 60.9 Å². The molecule has 2 N–H and O–H groups in total. The second kappa shape index (κ2) is 8.76. The van der Waals surface area contributed by atoms with Crippen molar-refractivity contribution in [2.24, 2.45) is 11.3 Å². The van der Waals surface area contributed by atoms with E-state index in [9.17, 15) is 19.5 Å². The van der Waals surface area contributed by atoms with Crippen LogP contribution in [0.5, 0.6) is 0 Å². The van der Waals surface area contributed by atoms with Gasteiger partial charge in [0.05, 0.1) is 11.3 Å². The zero-order valence-corrected chi connectivity index (χ0v) is 16.6. The number of amides is 2. The van der Waals surface area contributed by atoms with Gasteiger partial charge >= 0.3 is 5.97 Å². The van der Waals surface area contributed by atoms with Crippen LogP contribution in [0.15, 0.2) is 24.3 Å². The molecule has 28 heavy (non-hydrogen) atoms. The maximum Gasteiger partial charge on any atom is 0.311 e. The number of piperidine rings is 1. The maximum absolute atomic E-state index is 12.7. The Bertz CT molecular complexity index is 723. The normalized spacial score (nSPS) is 21.8. The van der Waals surface area contributed by atoms with Gasteiger partial charge in [0.15, 0.2) is 0 Å². The fourth-order valence-corrected chi connectivity index (χ4v) is 4.35. The molecule has 1 aromatic rings. The molecule has 0 aromatic heterocycles. The van der Waals surface area contributed by atoms with Crippen molar-refractivity contribution in [2.75, 3.05) is 19.6 Å². The number of benzene rings is 1. The fraction of sp³-hybridized carbons (Fsp3) is 0.591. The Labute approximate surface area is 166 Å². The molecule has 0 bridgehead atoms. The van der Waals surface area contributed by atoms with Crippen molar-refractivity contribution in [3.8, 4) is 0 Å². The lowest BCUT2D eigenvalue weighted by Crippen LogP contribution is -2.49. The largest absolute Gasteiger partial charge is 0.481 e. The molecular formula is C22H30N2O4. The van der Waals surface area contributed by atoms with E-state index >= 15 is 0 Å². The van der Waals surface area contributed by atoms with E-state index in [0.717, 1.165) is 37.7 Å². The van der Waals surface area contributed by atoms with Gasteiger partial charge in [-0.15, -0.1) is 0 Å². The summed E-state index contributed by atoms with van der Waals surface area (Å²) in [4.78, 5) is 39.0. The van der Waals surface area contributed by atoms with Crippen LogP contribution in [0.25, 0.3) is 0 Å². The minimum Gasteiger partial charge on any atom is -0.481 e. The number of nitrogens with one attached hydrogen (secondary N) is 1. The molecule has 6 heteroatoms. The quantitative estimate of drug-likeness (QED) is 0.814. The summed E-state index contributed by atoms with van der Waals surface area (Å²) >= 11 is 0. The SMILES string of the molecule is Cc1ccc(C(=O)N2CCCC(C(=O)NCC3(C(=O)O)CCCCC3)C2)cc1. The van der Waals surface area contributed by atoms with Gasteiger partial charge in [-0.25, -0.2) is 0 Å². The minimum absolute atomic E-state index is 0.0493. The maximum atomic E-state index is 12.7. The van der Waals surface area contributed by atoms with Crippen LogP contribution in [0.2, 0.25) is 0 Å². The number of carbonyl (C=O) groups excluding carboxylic acids is 2. The number of nitrogens with zero attached hydrogens (tertiary/aromatic N) is 1. The van der Waals surface area contributed by atoms with Gasteiger partial charge in [0.1, 0.15) is 0 Å². The first-order chi connectivity index (χ1) is 13.4. The number of likely N-dealkylation sites (tertiary alicyclic amines) is 1. The Hall–Kier alpha value is -2.37. The molecule has 1 unspecified atom stereocenters. The molecule has 1 saturated carbocycles. The lowest BCUT2D eigenvalue weighted by Gasteiger charge is -2.35. The molecule has 1 heterocycles. The highest BCUT2D eigenvalue weighted by atomic mass is 16.4. The molecule has 1 atom stereocenters. The standard InChI is InChI=1S/C22H30N2O4/c1-16-7-9-17(10-8-16)20(26)24-13-5-6-18(14-24)19(25)23-15-22(21(27)28)11-3-2-4-12-22/h7-10,18H,2-6,11-15H2,1H3,(H,23,25)(H,27,28). The highest BCUT2D eigenvalue weighted by Crippen LogP contribution is 2.36. The molecule has 2 amide bonds. The van der Waals surface area contributed by atoms with Crippen molar-refractivity contribution < 1.29 is 19.5 Å². The summed E-state index contributed by atoms with van der Waals surface area (Å²) in [6.07, 6.45) is 5.58. The lowest BCUT2D eigenvalue weighted by molar-refractivity contribution is -0.151. The second-order valence-electron chi connectivity index (χ2n) is 8.32. The molecule has 3 rings (SSSR count). The summed E-state index contributed by atoms with van der Waals surface area (Å²) in [5.74, 6) is -1.27. The van der Waals surface area contributed by atoms with Gasteiger partial charge in [0, 0.05) is 25.2 Å². The van der Waals surface area contributed by atoms with E-state index in [1.165, 1.54) is 0 Å². The minimum atomic E-state index is -0.833. The topological polar surface area (TPSA) is 86.7 Å². The summed E-state index contributed by atoms with van der Waals surface area (Å²) in [5.41, 5.74) is 0.904. The number of carbonyl (C=O) groups is 3.